The molecule has 1 aliphatic rings. The molecule has 0 amide bonds. The molecule has 0 fully saturated rings. The molecular formula is C18H21NO3S. The number of hydrogen-bond donors (Lipinski definition) is 1. The number of benzene rings is 2. The van der Waals surface area contributed by atoms with Crippen molar-refractivity contribution in [1.29, 1.82) is 0 Å². The van der Waals surface area contributed by atoms with Crippen molar-refractivity contribution < 1.29 is 13.2 Å². The molecule has 23 heavy (non-hydrogen) atoms. The average molecular weight is 331 g/mol. The zero-order chi connectivity index (χ0) is 16.5. The van der Waals surface area contributed by atoms with Crippen LogP contribution in [0.1, 0.15) is 37.4 Å². The second-order valence-electron chi connectivity index (χ2n) is 6.52. The highest BCUT2D eigenvalue weighted by Gasteiger charge is 2.35. The second-order valence-corrected chi connectivity index (χ2v) is 8.27. The van der Waals surface area contributed by atoms with E-state index in [1.807, 2.05) is 68.4 Å². The van der Waals surface area contributed by atoms with E-state index in [1.165, 1.54) is 0 Å². The van der Waals surface area contributed by atoms with Crippen molar-refractivity contribution in [2.24, 2.45) is 0 Å². The Kier molecular flexibility index (Phi) is 4.17. The first kappa shape index (κ1) is 16.0. The van der Waals surface area contributed by atoms with Crippen molar-refractivity contribution in [2.45, 2.75) is 37.7 Å². The molecule has 0 radical (unpaired) electrons. The topological polar surface area (TPSA) is 55.4 Å². The summed E-state index contributed by atoms with van der Waals surface area (Å²) in [4.78, 5) is 0. The Bertz CT molecular complexity index is 785. The number of hydrogen-bond acceptors (Lipinski definition) is 3. The van der Waals surface area contributed by atoms with Gasteiger partial charge in [0.15, 0.2) is 0 Å². The molecule has 0 saturated heterocycles. The summed E-state index contributed by atoms with van der Waals surface area (Å²) in [6.07, 6.45) is 0.595. The van der Waals surface area contributed by atoms with Gasteiger partial charge in [-0.15, -0.1) is 0 Å². The maximum Gasteiger partial charge on any atom is 0.216 e. The number of para-hydroxylation sites is 1. The lowest BCUT2D eigenvalue weighted by atomic mass is 9.90. The molecule has 1 N–H and O–H groups in total. The fourth-order valence-electron chi connectivity index (χ4n) is 2.96. The zero-order valence-electron chi connectivity index (χ0n) is 13.3. The summed E-state index contributed by atoms with van der Waals surface area (Å²) in [5.74, 6) is 0.726. The minimum Gasteiger partial charge on any atom is -0.487 e. The van der Waals surface area contributed by atoms with Crippen LogP contribution in [-0.2, 0) is 15.8 Å². The van der Waals surface area contributed by atoms with Gasteiger partial charge in [-0.1, -0.05) is 48.5 Å². The number of fused-ring (bicyclic) bond motifs is 1. The van der Waals surface area contributed by atoms with Crippen LogP contribution in [0.3, 0.4) is 0 Å². The van der Waals surface area contributed by atoms with E-state index in [0.717, 1.165) is 16.9 Å². The Morgan fingerprint density at radius 2 is 1.74 bits per heavy atom. The van der Waals surface area contributed by atoms with E-state index >= 15 is 0 Å². The van der Waals surface area contributed by atoms with Crippen LogP contribution in [0.4, 0.5) is 0 Å². The first-order valence-electron chi connectivity index (χ1n) is 7.67. The van der Waals surface area contributed by atoms with Crippen molar-refractivity contribution in [3.63, 3.8) is 0 Å². The summed E-state index contributed by atoms with van der Waals surface area (Å²) in [6, 6.07) is 16.5. The third-order valence-electron chi connectivity index (χ3n) is 3.90. The van der Waals surface area contributed by atoms with Crippen LogP contribution in [0.25, 0.3) is 0 Å². The summed E-state index contributed by atoms with van der Waals surface area (Å²) < 4.78 is 33.9. The Morgan fingerprint density at radius 1 is 1.09 bits per heavy atom. The van der Waals surface area contributed by atoms with Gasteiger partial charge < -0.3 is 4.74 Å². The number of ether oxygens (including phenoxy) is 1. The lowest BCUT2D eigenvalue weighted by molar-refractivity contribution is 0.0702. The highest BCUT2D eigenvalue weighted by atomic mass is 32.2. The minimum absolute atomic E-state index is 0.0200. The molecule has 0 aromatic heterocycles. The predicted molar refractivity (Wildman–Crippen MR) is 90.7 cm³/mol. The maximum absolute atomic E-state index is 12.5. The summed E-state index contributed by atoms with van der Waals surface area (Å²) in [5.41, 5.74) is 1.26. The van der Waals surface area contributed by atoms with Crippen molar-refractivity contribution >= 4 is 10.0 Å². The lowest BCUT2D eigenvalue weighted by Crippen LogP contribution is -2.41. The Labute approximate surface area is 137 Å². The Hall–Kier alpha value is -1.85. The van der Waals surface area contributed by atoms with Crippen LogP contribution in [0.15, 0.2) is 54.6 Å². The highest BCUT2D eigenvalue weighted by molar-refractivity contribution is 7.88. The van der Waals surface area contributed by atoms with E-state index in [9.17, 15) is 8.42 Å². The van der Waals surface area contributed by atoms with Crippen molar-refractivity contribution in [3.05, 3.63) is 65.7 Å². The fourth-order valence-corrected chi connectivity index (χ4v) is 4.32. The van der Waals surface area contributed by atoms with Gasteiger partial charge in [0, 0.05) is 12.0 Å². The SMILES string of the molecule is CC1(C)C[C@H](NS(=O)(=O)Cc2ccccc2)c2ccccc2O1. The summed E-state index contributed by atoms with van der Waals surface area (Å²) in [7, 11) is -3.43. The number of nitrogens with one attached hydrogen (secondary N) is 1. The van der Waals surface area contributed by atoms with E-state index in [2.05, 4.69) is 4.72 Å². The van der Waals surface area contributed by atoms with Crippen LogP contribution in [0.5, 0.6) is 5.75 Å². The van der Waals surface area contributed by atoms with Crippen molar-refractivity contribution in [3.8, 4) is 5.75 Å². The Morgan fingerprint density at radius 3 is 2.48 bits per heavy atom. The van der Waals surface area contributed by atoms with Gasteiger partial charge in [-0.3, -0.25) is 0 Å². The number of sulfonamides is 1. The third kappa shape index (κ3) is 3.92. The molecular weight excluding hydrogens is 310 g/mol. The van der Waals surface area contributed by atoms with Crippen LogP contribution >= 0.6 is 0 Å². The van der Waals surface area contributed by atoms with Crippen molar-refractivity contribution in [1.82, 2.24) is 4.72 Å². The average Bonchev–Trinajstić information content (AvgIpc) is 2.46. The zero-order valence-corrected chi connectivity index (χ0v) is 14.1. The summed E-state index contributed by atoms with van der Waals surface area (Å²) in [5, 5.41) is 0. The molecule has 1 aliphatic heterocycles. The van der Waals surface area contributed by atoms with Gasteiger partial charge >= 0.3 is 0 Å². The summed E-state index contributed by atoms with van der Waals surface area (Å²) >= 11 is 0. The standard InChI is InChI=1S/C18H21NO3S/c1-18(2)12-16(15-10-6-7-11-17(15)22-18)19-23(20,21)13-14-8-4-3-5-9-14/h3-11,16,19H,12-13H2,1-2H3/t16-/m0/s1. The van der Waals surface area contributed by atoms with E-state index in [-0.39, 0.29) is 11.8 Å². The van der Waals surface area contributed by atoms with Crippen LogP contribution in [-0.4, -0.2) is 14.0 Å². The first-order chi connectivity index (χ1) is 10.8. The van der Waals surface area contributed by atoms with Crippen molar-refractivity contribution in [2.75, 3.05) is 0 Å². The molecule has 4 nitrogen and oxygen atoms in total. The predicted octanol–water partition coefficient (Wildman–Crippen LogP) is 3.41. The van der Waals surface area contributed by atoms with E-state index in [0.29, 0.717) is 6.42 Å². The summed E-state index contributed by atoms with van der Waals surface area (Å²) in [6.45, 7) is 3.95. The molecule has 0 aliphatic carbocycles. The number of rotatable bonds is 4. The van der Waals surface area contributed by atoms with Gasteiger partial charge in [-0.2, -0.15) is 0 Å². The van der Waals surface area contributed by atoms with E-state index < -0.39 is 15.6 Å². The highest BCUT2D eigenvalue weighted by Crippen LogP contribution is 2.39. The Balaban J connectivity index is 1.84. The van der Waals surface area contributed by atoms with Gasteiger partial charge in [0.2, 0.25) is 10.0 Å². The molecule has 2 aromatic rings. The lowest BCUT2D eigenvalue weighted by Gasteiger charge is -2.37. The first-order valence-corrected chi connectivity index (χ1v) is 9.32. The van der Waals surface area contributed by atoms with E-state index in [4.69, 9.17) is 4.74 Å². The van der Waals surface area contributed by atoms with Gasteiger partial charge in [-0.25, -0.2) is 13.1 Å². The molecule has 1 heterocycles. The second kappa shape index (κ2) is 5.98. The molecule has 0 spiro atoms. The molecule has 0 unspecified atom stereocenters. The molecule has 2 aromatic carbocycles. The normalized spacial score (nSPS) is 19.7. The third-order valence-corrected chi connectivity index (χ3v) is 5.25. The quantitative estimate of drug-likeness (QED) is 0.934. The molecule has 1 atom stereocenters. The minimum atomic E-state index is -3.43. The van der Waals surface area contributed by atoms with Crippen LogP contribution < -0.4 is 9.46 Å². The van der Waals surface area contributed by atoms with Gasteiger partial charge in [0.25, 0.3) is 0 Å². The van der Waals surface area contributed by atoms with Crippen LogP contribution in [0, 0.1) is 0 Å². The van der Waals surface area contributed by atoms with Gasteiger partial charge in [-0.05, 0) is 25.5 Å². The molecule has 0 saturated carbocycles. The maximum atomic E-state index is 12.5. The van der Waals surface area contributed by atoms with Crippen LogP contribution in [0.2, 0.25) is 0 Å². The van der Waals surface area contributed by atoms with E-state index in [1.54, 1.807) is 0 Å². The van der Waals surface area contributed by atoms with Gasteiger partial charge in [0.05, 0.1) is 11.8 Å². The molecule has 0 bridgehead atoms. The molecule has 5 heteroatoms. The van der Waals surface area contributed by atoms with Gasteiger partial charge in [0.1, 0.15) is 11.4 Å². The molecule has 122 valence electrons. The monoisotopic (exact) mass is 331 g/mol. The molecule has 3 rings (SSSR count). The fraction of sp³-hybridized carbons (Fsp3) is 0.333. The largest absolute Gasteiger partial charge is 0.487 e. The smallest absolute Gasteiger partial charge is 0.216 e.